The van der Waals surface area contributed by atoms with Crippen LogP contribution in [-0.2, 0) is 16.6 Å². The Morgan fingerprint density at radius 3 is 2.43 bits per heavy atom. The number of methoxy groups -OCH3 is 1. The number of benzene rings is 2. The van der Waals surface area contributed by atoms with Gasteiger partial charge in [-0.1, -0.05) is 6.07 Å². The molecule has 112 valence electrons. The van der Waals surface area contributed by atoms with Crippen LogP contribution in [0.5, 0.6) is 5.75 Å². The summed E-state index contributed by atoms with van der Waals surface area (Å²) in [5, 5.41) is 0. The Bertz CT molecular complexity index is 730. The van der Waals surface area contributed by atoms with E-state index in [9.17, 15) is 12.8 Å². The molecule has 21 heavy (non-hydrogen) atoms. The van der Waals surface area contributed by atoms with Gasteiger partial charge in [-0.25, -0.2) is 12.8 Å². The molecule has 0 spiro atoms. The van der Waals surface area contributed by atoms with Crippen molar-refractivity contribution in [3.8, 4) is 5.75 Å². The summed E-state index contributed by atoms with van der Waals surface area (Å²) in [7, 11) is -2.37. The lowest BCUT2D eigenvalue weighted by Crippen LogP contribution is -2.14. The number of rotatable bonds is 5. The van der Waals surface area contributed by atoms with E-state index < -0.39 is 15.8 Å². The third-order valence-electron chi connectivity index (χ3n) is 2.87. The van der Waals surface area contributed by atoms with Crippen LogP contribution in [0.25, 0.3) is 0 Å². The van der Waals surface area contributed by atoms with E-state index in [1.807, 2.05) is 0 Å². The SMILES string of the molecule is COc1cc(CN)ccc1NS(=O)(=O)c1ccc(F)cc1. The van der Waals surface area contributed by atoms with Crippen LogP contribution in [0.15, 0.2) is 47.4 Å². The summed E-state index contributed by atoms with van der Waals surface area (Å²) in [6.45, 7) is 0.321. The minimum atomic E-state index is -3.81. The minimum absolute atomic E-state index is 0.0335. The maximum atomic E-state index is 12.9. The van der Waals surface area contributed by atoms with Gasteiger partial charge in [-0.3, -0.25) is 4.72 Å². The normalized spacial score (nSPS) is 11.2. The second-order valence-electron chi connectivity index (χ2n) is 4.30. The van der Waals surface area contributed by atoms with E-state index in [2.05, 4.69) is 4.72 Å². The number of hydrogen-bond donors (Lipinski definition) is 2. The molecule has 5 nitrogen and oxygen atoms in total. The van der Waals surface area contributed by atoms with Crippen LogP contribution in [0, 0.1) is 5.82 Å². The molecule has 0 aliphatic rings. The highest BCUT2D eigenvalue weighted by molar-refractivity contribution is 7.92. The molecular formula is C14H15FN2O3S. The maximum Gasteiger partial charge on any atom is 0.262 e. The fraction of sp³-hybridized carbons (Fsp3) is 0.143. The molecule has 0 fully saturated rings. The molecule has 0 saturated carbocycles. The summed E-state index contributed by atoms with van der Waals surface area (Å²) in [4.78, 5) is -0.0335. The van der Waals surface area contributed by atoms with E-state index in [-0.39, 0.29) is 4.90 Å². The predicted molar refractivity (Wildman–Crippen MR) is 78.1 cm³/mol. The van der Waals surface area contributed by atoms with Crippen molar-refractivity contribution in [3.63, 3.8) is 0 Å². The van der Waals surface area contributed by atoms with Gasteiger partial charge in [0.1, 0.15) is 11.6 Å². The summed E-state index contributed by atoms with van der Waals surface area (Å²) in [5.74, 6) is -0.137. The molecule has 0 heterocycles. The lowest BCUT2D eigenvalue weighted by Gasteiger charge is -2.13. The Balaban J connectivity index is 2.34. The van der Waals surface area contributed by atoms with Crippen molar-refractivity contribution in [2.24, 2.45) is 5.73 Å². The van der Waals surface area contributed by atoms with E-state index >= 15 is 0 Å². The lowest BCUT2D eigenvalue weighted by molar-refractivity contribution is 0.416. The molecule has 0 unspecified atom stereocenters. The Labute approximate surface area is 122 Å². The van der Waals surface area contributed by atoms with Gasteiger partial charge in [0, 0.05) is 6.54 Å². The van der Waals surface area contributed by atoms with Crippen LogP contribution in [0.4, 0.5) is 10.1 Å². The maximum absolute atomic E-state index is 12.9. The molecule has 7 heteroatoms. The lowest BCUT2D eigenvalue weighted by atomic mass is 10.2. The molecule has 2 rings (SSSR count). The van der Waals surface area contributed by atoms with Gasteiger partial charge in [0.05, 0.1) is 17.7 Å². The molecule has 0 radical (unpaired) electrons. The van der Waals surface area contributed by atoms with Crippen molar-refractivity contribution in [1.82, 2.24) is 0 Å². The molecule has 0 atom stereocenters. The summed E-state index contributed by atoms with van der Waals surface area (Å²) in [5.41, 5.74) is 6.63. The van der Waals surface area contributed by atoms with Crippen molar-refractivity contribution in [2.45, 2.75) is 11.4 Å². The topological polar surface area (TPSA) is 81.4 Å². The fourth-order valence-electron chi connectivity index (χ4n) is 1.76. The Kier molecular flexibility index (Phi) is 4.44. The average molecular weight is 310 g/mol. The standard InChI is InChI=1S/C14H15FN2O3S/c1-20-14-8-10(9-16)2-7-13(14)17-21(18,19)12-5-3-11(15)4-6-12/h2-8,17H,9,16H2,1H3. The molecule has 0 aliphatic heterocycles. The van der Waals surface area contributed by atoms with Gasteiger partial charge in [-0.2, -0.15) is 0 Å². The van der Waals surface area contributed by atoms with Crippen LogP contribution in [-0.4, -0.2) is 15.5 Å². The van der Waals surface area contributed by atoms with Crippen molar-refractivity contribution in [2.75, 3.05) is 11.8 Å². The summed E-state index contributed by atoms with van der Waals surface area (Å²) in [6.07, 6.45) is 0. The summed E-state index contributed by atoms with van der Waals surface area (Å²) in [6, 6.07) is 9.49. The van der Waals surface area contributed by atoms with Gasteiger partial charge in [0.25, 0.3) is 10.0 Å². The van der Waals surface area contributed by atoms with Gasteiger partial charge < -0.3 is 10.5 Å². The molecule has 2 aromatic carbocycles. The average Bonchev–Trinajstić information content (AvgIpc) is 2.47. The molecule has 0 bridgehead atoms. The van der Waals surface area contributed by atoms with Gasteiger partial charge in [-0.15, -0.1) is 0 Å². The van der Waals surface area contributed by atoms with Gasteiger partial charge in [0.2, 0.25) is 0 Å². The van der Waals surface area contributed by atoms with Crippen LogP contribution in [0.2, 0.25) is 0 Å². The first-order chi connectivity index (χ1) is 9.96. The zero-order chi connectivity index (χ0) is 15.5. The van der Waals surface area contributed by atoms with E-state index in [4.69, 9.17) is 10.5 Å². The number of hydrogen-bond acceptors (Lipinski definition) is 4. The molecule has 0 aliphatic carbocycles. The largest absolute Gasteiger partial charge is 0.495 e. The highest BCUT2D eigenvalue weighted by atomic mass is 32.2. The number of sulfonamides is 1. The number of nitrogens with one attached hydrogen (secondary N) is 1. The molecule has 0 amide bonds. The number of anilines is 1. The van der Waals surface area contributed by atoms with E-state index in [0.29, 0.717) is 18.0 Å². The van der Waals surface area contributed by atoms with E-state index in [0.717, 1.165) is 17.7 Å². The fourth-order valence-corrected chi connectivity index (χ4v) is 2.83. The van der Waals surface area contributed by atoms with Crippen molar-refractivity contribution in [3.05, 3.63) is 53.8 Å². The number of halogens is 1. The molecule has 3 N–H and O–H groups in total. The van der Waals surface area contributed by atoms with Crippen molar-refractivity contribution in [1.29, 1.82) is 0 Å². The third-order valence-corrected chi connectivity index (χ3v) is 4.25. The van der Waals surface area contributed by atoms with Crippen LogP contribution >= 0.6 is 0 Å². The van der Waals surface area contributed by atoms with E-state index in [1.54, 1.807) is 18.2 Å². The van der Waals surface area contributed by atoms with Crippen LogP contribution in [0.1, 0.15) is 5.56 Å². The number of ether oxygens (including phenoxy) is 1. The zero-order valence-electron chi connectivity index (χ0n) is 11.3. The predicted octanol–water partition coefficient (Wildman–Crippen LogP) is 2.09. The highest BCUT2D eigenvalue weighted by Crippen LogP contribution is 2.28. The first-order valence-electron chi connectivity index (χ1n) is 6.11. The Hall–Kier alpha value is -2.12. The molecule has 0 saturated heterocycles. The Morgan fingerprint density at radius 2 is 1.86 bits per heavy atom. The van der Waals surface area contributed by atoms with Crippen molar-refractivity contribution < 1.29 is 17.5 Å². The summed E-state index contributed by atoms with van der Waals surface area (Å²) >= 11 is 0. The van der Waals surface area contributed by atoms with Crippen molar-refractivity contribution >= 4 is 15.7 Å². The first-order valence-corrected chi connectivity index (χ1v) is 7.60. The smallest absolute Gasteiger partial charge is 0.262 e. The molecular weight excluding hydrogens is 295 g/mol. The van der Waals surface area contributed by atoms with Gasteiger partial charge >= 0.3 is 0 Å². The monoisotopic (exact) mass is 310 g/mol. The molecule has 2 aromatic rings. The highest BCUT2D eigenvalue weighted by Gasteiger charge is 2.16. The quantitative estimate of drug-likeness (QED) is 0.886. The van der Waals surface area contributed by atoms with Crippen LogP contribution in [0.3, 0.4) is 0 Å². The van der Waals surface area contributed by atoms with Crippen LogP contribution < -0.4 is 15.2 Å². The van der Waals surface area contributed by atoms with Gasteiger partial charge in [0.15, 0.2) is 0 Å². The number of nitrogens with two attached hydrogens (primary N) is 1. The zero-order valence-corrected chi connectivity index (χ0v) is 12.2. The Morgan fingerprint density at radius 1 is 1.19 bits per heavy atom. The van der Waals surface area contributed by atoms with Gasteiger partial charge in [-0.05, 0) is 42.0 Å². The second kappa shape index (κ2) is 6.11. The van der Waals surface area contributed by atoms with E-state index in [1.165, 1.54) is 19.2 Å². The summed E-state index contributed by atoms with van der Waals surface area (Å²) < 4.78 is 44.9. The molecule has 0 aromatic heterocycles. The first kappa shape index (κ1) is 15.3. The second-order valence-corrected chi connectivity index (χ2v) is 5.98. The minimum Gasteiger partial charge on any atom is -0.495 e. The third kappa shape index (κ3) is 3.50.